The highest BCUT2D eigenvalue weighted by atomic mass is 32.1. The lowest BCUT2D eigenvalue weighted by Crippen LogP contribution is -2.11. The normalized spacial score (nSPS) is 11.8. The third-order valence-electron chi connectivity index (χ3n) is 2.79. The second kappa shape index (κ2) is 4.02. The van der Waals surface area contributed by atoms with Crippen molar-refractivity contribution in [2.75, 3.05) is 0 Å². The van der Waals surface area contributed by atoms with Crippen LogP contribution in [0.2, 0.25) is 0 Å². The van der Waals surface area contributed by atoms with Gasteiger partial charge in [-0.25, -0.2) is 0 Å². The second-order valence-corrected chi connectivity index (χ2v) is 6.03. The number of hydrogen-bond donors (Lipinski definition) is 0. The van der Waals surface area contributed by atoms with E-state index in [-0.39, 0.29) is 5.41 Å². The van der Waals surface area contributed by atoms with Crippen LogP contribution in [-0.2, 0) is 5.41 Å². The molecule has 0 saturated heterocycles. The number of aryl methyl sites for hydroxylation is 1. The smallest absolute Gasteiger partial charge is 0.0797 e. The highest BCUT2D eigenvalue weighted by Gasteiger charge is 2.14. The zero-order valence-electron chi connectivity index (χ0n) is 10.2. The Morgan fingerprint density at radius 1 is 1.19 bits per heavy atom. The maximum Gasteiger partial charge on any atom is 0.0797 e. The molecule has 0 amide bonds. The van der Waals surface area contributed by atoms with Gasteiger partial charge in [0.25, 0.3) is 0 Å². The molecule has 1 aromatic carbocycles. The molecular weight excluding hydrogens is 214 g/mol. The molecule has 2 aromatic rings. The summed E-state index contributed by atoms with van der Waals surface area (Å²) in [5, 5.41) is 0. The molecule has 0 bridgehead atoms. The van der Waals surface area contributed by atoms with Gasteiger partial charge in [-0.3, -0.25) is 4.98 Å². The van der Waals surface area contributed by atoms with Gasteiger partial charge in [-0.1, -0.05) is 39.0 Å². The summed E-state index contributed by atoms with van der Waals surface area (Å²) in [6.45, 7) is 8.90. The van der Waals surface area contributed by atoms with Crippen LogP contribution in [0, 0.1) is 6.92 Å². The summed E-state index contributed by atoms with van der Waals surface area (Å²) in [5.41, 5.74) is 6.12. The van der Waals surface area contributed by atoms with Crippen molar-refractivity contribution >= 4 is 11.3 Å². The van der Waals surface area contributed by atoms with Gasteiger partial charge in [0.05, 0.1) is 10.4 Å². The largest absolute Gasteiger partial charge is 0.252 e. The van der Waals surface area contributed by atoms with E-state index < -0.39 is 0 Å². The number of thiazole rings is 1. The Morgan fingerprint density at radius 3 is 2.44 bits per heavy atom. The van der Waals surface area contributed by atoms with Crippen molar-refractivity contribution in [3.8, 4) is 10.4 Å². The minimum Gasteiger partial charge on any atom is -0.252 e. The second-order valence-electron chi connectivity index (χ2n) is 5.15. The Morgan fingerprint density at radius 2 is 1.94 bits per heavy atom. The fraction of sp³-hybridized carbons (Fsp3) is 0.357. The van der Waals surface area contributed by atoms with Crippen molar-refractivity contribution in [2.45, 2.75) is 33.1 Å². The summed E-state index contributed by atoms with van der Waals surface area (Å²) < 4.78 is 0. The molecule has 0 saturated carbocycles. The molecule has 0 aliphatic carbocycles. The van der Waals surface area contributed by atoms with Gasteiger partial charge in [-0.15, -0.1) is 11.3 Å². The molecule has 1 heterocycles. The lowest BCUT2D eigenvalue weighted by molar-refractivity contribution is 0.590. The van der Waals surface area contributed by atoms with Crippen LogP contribution in [-0.4, -0.2) is 4.98 Å². The molecule has 0 N–H and O–H groups in total. The van der Waals surface area contributed by atoms with Crippen molar-refractivity contribution in [1.82, 2.24) is 4.98 Å². The Labute approximate surface area is 101 Å². The lowest BCUT2D eigenvalue weighted by atomic mass is 9.85. The SMILES string of the molecule is Cc1cc(C(C)(C)C)ccc1-c1cncs1. The van der Waals surface area contributed by atoms with E-state index in [1.54, 1.807) is 11.3 Å². The van der Waals surface area contributed by atoms with Crippen LogP contribution in [0.1, 0.15) is 31.9 Å². The van der Waals surface area contributed by atoms with E-state index in [4.69, 9.17) is 0 Å². The molecule has 0 fully saturated rings. The van der Waals surface area contributed by atoms with Crippen LogP contribution in [0.15, 0.2) is 29.9 Å². The molecule has 0 spiro atoms. The maximum atomic E-state index is 4.13. The molecule has 1 nitrogen and oxygen atoms in total. The van der Waals surface area contributed by atoms with Gasteiger partial charge >= 0.3 is 0 Å². The first-order valence-corrected chi connectivity index (χ1v) is 6.36. The summed E-state index contributed by atoms with van der Waals surface area (Å²) >= 11 is 1.69. The summed E-state index contributed by atoms with van der Waals surface area (Å²) in [5.74, 6) is 0. The first kappa shape index (κ1) is 11.3. The van der Waals surface area contributed by atoms with Gasteiger partial charge in [-0.05, 0) is 29.0 Å². The van der Waals surface area contributed by atoms with E-state index in [1.165, 1.54) is 21.6 Å². The van der Waals surface area contributed by atoms with Crippen molar-refractivity contribution in [3.05, 3.63) is 41.0 Å². The number of benzene rings is 1. The lowest BCUT2D eigenvalue weighted by Gasteiger charge is -2.20. The van der Waals surface area contributed by atoms with Gasteiger partial charge in [0.2, 0.25) is 0 Å². The number of nitrogens with zero attached hydrogens (tertiary/aromatic N) is 1. The van der Waals surface area contributed by atoms with E-state index in [9.17, 15) is 0 Å². The van der Waals surface area contributed by atoms with Gasteiger partial charge in [0.15, 0.2) is 0 Å². The average molecular weight is 231 g/mol. The summed E-state index contributed by atoms with van der Waals surface area (Å²) in [6.07, 6.45) is 1.93. The monoisotopic (exact) mass is 231 g/mol. The average Bonchev–Trinajstić information content (AvgIpc) is 2.69. The molecule has 0 unspecified atom stereocenters. The van der Waals surface area contributed by atoms with E-state index in [1.807, 2.05) is 11.7 Å². The Hall–Kier alpha value is -1.15. The van der Waals surface area contributed by atoms with Crippen molar-refractivity contribution in [3.63, 3.8) is 0 Å². The maximum absolute atomic E-state index is 4.13. The zero-order chi connectivity index (χ0) is 11.8. The zero-order valence-corrected chi connectivity index (χ0v) is 11.1. The predicted molar refractivity (Wildman–Crippen MR) is 71.0 cm³/mol. The van der Waals surface area contributed by atoms with Gasteiger partial charge < -0.3 is 0 Å². The van der Waals surface area contributed by atoms with Crippen LogP contribution in [0.4, 0.5) is 0 Å². The van der Waals surface area contributed by atoms with Crippen LogP contribution in [0.25, 0.3) is 10.4 Å². The Kier molecular flexibility index (Phi) is 2.85. The van der Waals surface area contributed by atoms with Crippen LogP contribution in [0.3, 0.4) is 0 Å². The van der Waals surface area contributed by atoms with E-state index >= 15 is 0 Å². The van der Waals surface area contributed by atoms with Crippen molar-refractivity contribution in [2.24, 2.45) is 0 Å². The molecule has 0 aliphatic rings. The summed E-state index contributed by atoms with van der Waals surface area (Å²) in [7, 11) is 0. The minimum atomic E-state index is 0.219. The number of hydrogen-bond acceptors (Lipinski definition) is 2. The fourth-order valence-corrected chi connectivity index (χ4v) is 2.47. The Bertz CT molecular complexity index is 478. The van der Waals surface area contributed by atoms with Crippen LogP contribution < -0.4 is 0 Å². The quantitative estimate of drug-likeness (QED) is 0.708. The molecule has 0 aliphatic heterocycles. The standard InChI is InChI=1S/C14H17NS/c1-10-7-11(14(2,3)4)5-6-12(10)13-8-15-9-16-13/h5-9H,1-4H3. The Balaban J connectivity index is 2.46. The van der Waals surface area contributed by atoms with Gasteiger partial charge in [-0.2, -0.15) is 0 Å². The molecule has 0 radical (unpaired) electrons. The molecule has 2 heteroatoms. The fourth-order valence-electron chi connectivity index (χ4n) is 1.76. The predicted octanol–water partition coefficient (Wildman–Crippen LogP) is 4.42. The van der Waals surface area contributed by atoms with E-state index in [0.29, 0.717) is 0 Å². The van der Waals surface area contributed by atoms with Gasteiger partial charge in [0, 0.05) is 6.20 Å². The van der Waals surface area contributed by atoms with Crippen LogP contribution >= 0.6 is 11.3 Å². The summed E-state index contributed by atoms with van der Waals surface area (Å²) in [6, 6.07) is 6.72. The molecule has 84 valence electrons. The minimum absolute atomic E-state index is 0.219. The van der Waals surface area contributed by atoms with E-state index in [2.05, 4.69) is 50.9 Å². The third kappa shape index (κ3) is 2.17. The molecule has 2 rings (SSSR count). The third-order valence-corrected chi connectivity index (χ3v) is 3.60. The van der Waals surface area contributed by atoms with Crippen LogP contribution in [0.5, 0.6) is 0 Å². The van der Waals surface area contributed by atoms with E-state index in [0.717, 1.165) is 0 Å². The highest BCUT2D eigenvalue weighted by Crippen LogP contribution is 2.30. The molecule has 0 atom stereocenters. The van der Waals surface area contributed by atoms with Gasteiger partial charge in [0.1, 0.15) is 0 Å². The van der Waals surface area contributed by atoms with Crippen molar-refractivity contribution in [1.29, 1.82) is 0 Å². The molecule has 16 heavy (non-hydrogen) atoms. The number of aromatic nitrogens is 1. The summed E-state index contributed by atoms with van der Waals surface area (Å²) in [4.78, 5) is 5.38. The first-order chi connectivity index (χ1) is 7.48. The molecule has 1 aromatic heterocycles. The molecular formula is C14H17NS. The highest BCUT2D eigenvalue weighted by molar-refractivity contribution is 7.13. The number of rotatable bonds is 1. The first-order valence-electron chi connectivity index (χ1n) is 5.48. The topological polar surface area (TPSA) is 12.9 Å². The van der Waals surface area contributed by atoms with Crippen molar-refractivity contribution < 1.29 is 0 Å².